The second kappa shape index (κ2) is 13.8. The maximum Gasteiger partial charge on any atom is 0.490 e. The number of hydrogen-bond donors (Lipinski definition) is 2. The molecule has 3 saturated heterocycles. The van der Waals surface area contributed by atoms with Gasteiger partial charge in [0.05, 0.1) is 6.67 Å². The molecule has 0 radical (unpaired) electrons. The molecule has 6 rings (SSSR count). The fourth-order valence-corrected chi connectivity index (χ4v) is 7.48. The number of para-hydroxylation sites is 1. The Balaban J connectivity index is 0.000000537. The topological polar surface area (TPSA) is 93.2 Å². The zero-order valence-corrected chi connectivity index (χ0v) is 26.9. The highest BCUT2D eigenvalue weighted by atomic mass is 35.5. The van der Waals surface area contributed by atoms with Crippen molar-refractivity contribution in [2.75, 3.05) is 44.3 Å². The lowest BCUT2D eigenvalue weighted by Gasteiger charge is -2.43. The van der Waals surface area contributed by atoms with Crippen LogP contribution in [0, 0.1) is 12.8 Å². The smallest absolute Gasteiger partial charge is 0.475 e. The highest BCUT2D eigenvalue weighted by Gasteiger charge is 2.50. The molecular formula is C34H42ClF3N4O4. The summed E-state index contributed by atoms with van der Waals surface area (Å²) in [5.41, 5.74) is 3.01. The molecule has 4 fully saturated rings. The van der Waals surface area contributed by atoms with E-state index in [9.17, 15) is 22.8 Å². The van der Waals surface area contributed by atoms with E-state index in [1.807, 2.05) is 25.1 Å². The molecule has 3 heterocycles. The third kappa shape index (κ3) is 7.15. The number of carbonyl (C=O) groups is 3. The Labute approximate surface area is 272 Å². The van der Waals surface area contributed by atoms with Gasteiger partial charge in [-0.25, -0.2) is 4.79 Å². The van der Waals surface area contributed by atoms with E-state index in [2.05, 4.69) is 50.3 Å². The summed E-state index contributed by atoms with van der Waals surface area (Å²) in [4.78, 5) is 42.0. The first-order valence-corrected chi connectivity index (χ1v) is 16.4. The maximum absolute atomic E-state index is 13.1. The normalized spacial score (nSPS) is 23.1. The van der Waals surface area contributed by atoms with Crippen molar-refractivity contribution in [2.24, 2.45) is 5.92 Å². The van der Waals surface area contributed by atoms with Gasteiger partial charge in [0.25, 0.3) is 0 Å². The summed E-state index contributed by atoms with van der Waals surface area (Å²) in [5, 5.41) is 11.0. The van der Waals surface area contributed by atoms with Crippen molar-refractivity contribution in [3.05, 3.63) is 64.7 Å². The second-order valence-corrected chi connectivity index (χ2v) is 13.5. The molecule has 1 unspecified atom stereocenters. The molecule has 46 heavy (non-hydrogen) atoms. The molecule has 2 aromatic carbocycles. The van der Waals surface area contributed by atoms with Crippen molar-refractivity contribution in [3.8, 4) is 0 Å². The second-order valence-electron chi connectivity index (χ2n) is 13.1. The van der Waals surface area contributed by atoms with Gasteiger partial charge in [0.1, 0.15) is 5.54 Å². The fraction of sp³-hybridized carbons (Fsp3) is 0.559. The predicted octanol–water partition coefficient (Wildman–Crippen LogP) is 5.76. The lowest BCUT2D eigenvalue weighted by molar-refractivity contribution is -0.192. The van der Waals surface area contributed by atoms with Crippen molar-refractivity contribution in [1.29, 1.82) is 0 Å². The van der Waals surface area contributed by atoms with Crippen LogP contribution in [0.4, 0.5) is 18.9 Å². The van der Waals surface area contributed by atoms with Crippen LogP contribution in [0.5, 0.6) is 0 Å². The van der Waals surface area contributed by atoms with E-state index in [4.69, 9.17) is 21.5 Å². The molecule has 2 N–H and O–H groups in total. The van der Waals surface area contributed by atoms with Crippen LogP contribution < -0.4 is 10.2 Å². The van der Waals surface area contributed by atoms with Gasteiger partial charge >= 0.3 is 12.1 Å². The van der Waals surface area contributed by atoms with Gasteiger partial charge in [0, 0.05) is 48.2 Å². The minimum Gasteiger partial charge on any atom is -0.475 e. The van der Waals surface area contributed by atoms with Crippen molar-refractivity contribution in [3.63, 3.8) is 0 Å². The third-order valence-corrected chi connectivity index (χ3v) is 10.8. The monoisotopic (exact) mass is 662 g/mol. The van der Waals surface area contributed by atoms with Crippen molar-refractivity contribution in [1.82, 2.24) is 15.1 Å². The van der Waals surface area contributed by atoms with Crippen LogP contribution in [0.2, 0.25) is 5.02 Å². The maximum atomic E-state index is 13.1. The fourth-order valence-electron chi connectivity index (χ4n) is 7.30. The Bertz CT molecular complexity index is 1410. The number of hydrogen-bond acceptors (Lipinski definition) is 5. The first-order chi connectivity index (χ1) is 21.8. The predicted molar refractivity (Wildman–Crippen MR) is 170 cm³/mol. The number of amides is 2. The third-order valence-electron chi connectivity index (χ3n) is 10.4. The zero-order chi connectivity index (χ0) is 33.1. The first-order valence-electron chi connectivity index (χ1n) is 16.0. The molecule has 2 aromatic rings. The van der Waals surface area contributed by atoms with Gasteiger partial charge in [-0.1, -0.05) is 48.4 Å². The number of nitrogens with one attached hydrogen (secondary N) is 1. The summed E-state index contributed by atoms with van der Waals surface area (Å²) in [7, 11) is 0. The summed E-state index contributed by atoms with van der Waals surface area (Å²) in [6.45, 7) is 7.14. The van der Waals surface area contributed by atoms with Crippen LogP contribution in [0.15, 0.2) is 48.5 Å². The van der Waals surface area contributed by atoms with Gasteiger partial charge in [-0.05, 0) is 87.7 Å². The molecule has 250 valence electrons. The summed E-state index contributed by atoms with van der Waals surface area (Å²) >= 11 is 6.59. The largest absolute Gasteiger partial charge is 0.490 e. The summed E-state index contributed by atoms with van der Waals surface area (Å²) in [6, 6.07) is 16.8. The van der Waals surface area contributed by atoms with E-state index >= 15 is 0 Å². The number of alkyl halides is 3. The molecule has 0 aromatic heterocycles. The molecule has 1 aliphatic carbocycles. The van der Waals surface area contributed by atoms with E-state index in [1.54, 1.807) is 0 Å². The van der Waals surface area contributed by atoms with Crippen LogP contribution in [0.3, 0.4) is 0 Å². The Morgan fingerprint density at radius 2 is 1.72 bits per heavy atom. The van der Waals surface area contributed by atoms with Gasteiger partial charge in [0.2, 0.25) is 11.8 Å². The average Bonchev–Trinajstić information content (AvgIpc) is 3.57. The number of rotatable bonds is 7. The summed E-state index contributed by atoms with van der Waals surface area (Å²) in [6.07, 6.45) is 3.00. The number of aliphatic carboxylic acids is 1. The van der Waals surface area contributed by atoms with E-state index in [0.29, 0.717) is 12.6 Å². The minimum absolute atomic E-state index is 0.0385. The van der Waals surface area contributed by atoms with Gasteiger partial charge in [-0.3, -0.25) is 9.59 Å². The molecular weight excluding hydrogens is 621 g/mol. The zero-order valence-electron chi connectivity index (χ0n) is 26.1. The van der Waals surface area contributed by atoms with E-state index in [1.165, 1.54) is 12.0 Å². The van der Waals surface area contributed by atoms with E-state index in [0.717, 1.165) is 93.9 Å². The Morgan fingerprint density at radius 1 is 1.04 bits per heavy atom. The number of benzene rings is 2. The number of likely N-dealkylation sites (tertiary alicyclic amines) is 2. The number of carbonyl (C=O) groups excluding carboxylic acids is 2. The average molecular weight is 663 g/mol. The van der Waals surface area contributed by atoms with Crippen molar-refractivity contribution < 1.29 is 32.7 Å². The molecule has 12 heteroatoms. The van der Waals surface area contributed by atoms with Crippen LogP contribution >= 0.6 is 11.6 Å². The molecule has 4 aliphatic rings. The Kier molecular flexibility index (Phi) is 10.2. The number of nitrogens with zero attached hydrogens (tertiary/aromatic N) is 3. The lowest BCUT2D eigenvalue weighted by atomic mass is 9.75. The number of aryl methyl sites for hydroxylation is 1. The number of carboxylic acids is 1. The molecule has 1 spiro atoms. The van der Waals surface area contributed by atoms with Crippen LogP contribution in [-0.2, 0) is 19.8 Å². The minimum atomic E-state index is -5.08. The summed E-state index contributed by atoms with van der Waals surface area (Å²) < 4.78 is 31.7. The first kappa shape index (κ1) is 34.0. The summed E-state index contributed by atoms with van der Waals surface area (Å²) in [5.74, 6) is -1.98. The Hall–Kier alpha value is -3.31. The van der Waals surface area contributed by atoms with Crippen LogP contribution in [0.1, 0.15) is 62.5 Å². The Morgan fingerprint density at radius 3 is 2.30 bits per heavy atom. The number of piperidine rings is 1. The SMILES string of the molecule is Cc1ccc(C2(CCCN3CCC4(CC3)C(=O)NCN4c3ccccc3)CCN(C(=O)C3CCC3)C2)cc1Cl.O=C(O)C(F)(F)F. The highest BCUT2D eigenvalue weighted by Crippen LogP contribution is 2.42. The van der Waals surface area contributed by atoms with Crippen LogP contribution in [-0.4, -0.2) is 83.8 Å². The molecule has 8 nitrogen and oxygen atoms in total. The molecule has 3 aliphatic heterocycles. The lowest BCUT2D eigenvalue weighted by Crippen LogP contribution is -2.56. The van der Waals surface area contributed by atoms with E-state index in [-0.39, 0.29) is 17.2 Å². The van der Waals surface area contributed by atoms with Gasteiger partial charge in [-0.15, -0.1) is 0 Å². The molecule has 0 bridgehead atoms. The van der Waals surface area contributed by atoms with Crippen molar-refractivity contribution in [2.45, 2.75) is 75.4 Å². The van der Waals surface area contributed by atoms with Gasteiger partial charge < -0.3 is 25.1 Å². The van der Waals surface area contributed by atoms with Crippen molar-refractivity contribution >= 4 is 35.1 Å². The quantitative estimate of drug-likeness (QED) is 0.392. The molecule has 1 atom stereocenters. The standard InChI is InChI=1S/C32H41ClN4O2.C2HF3O2/c1-24-11-12-26(21-28(24)33)31(14-20-36(22-31)29(38)25-7-5-8-25)13-6-17-35-18-15-32(16-19-35)30(39)34-23-37(32)27-9-3-2-4-10-27;3-2(4,5)1(6)7/h2-4,9-12,21,25H,5-8,13-20,22-23H2,1H3,(H,34,39);(H,6,7). The number of anilines is 1. The highest BCUT2D eigenvalue weighted by molar-refractivity contribution is 6.31. The van der Waals surface area contributed by atoms with Gasteiger partial charge in [0.15, 0.2) is 0 Å². The molecule has 1 saturated carbocycles. The number of carboxylic acid groups (broad SMARTS) is 1. The van der Waals surface area contributed by atoms with Gasteiger partial charge in [-0.2, -0.15) is 13.2 Å². The van der Waals surface area contributed by atoms with Crippen LogP contribution in [0.25, 0.3) is 0 Å². The number of halogens is 4. The van der Waals surface area contributed by atoms with E-state index < -0.39 is 17.7 Å². The molecule has 2 amide bonds.